The van der Waals surface area contributed by atoms with Gasteiger partial charge in [0.15, 0.2) is 0 Å². The fraction of sp³-hybridized carbons (Fsp3) is 0.667. The number of aryl methyl sites for hydroxylation is 1. The quantitative estimate of drug-likeness (QED) is 0.841. The van der Waals surface area contributed by atoms with E-state index in [9.17, 15) is 4.79 Å². The molecule has 0 amide bonds. The van der Waals surface area contributed by atoms with Crippen molar-refractivity contribution in [2.24, 2.45) is 0 Å². The van der Waals surface area contributed by atoms with Gasteiger partial charge in [0.05, 0.1) is 7.11 Å². The van der Waals surface area contributed by atoms with E-state index in [1.54, 1.807) is 24.7 Å². The summed E-state index contributed by atoms with van der Waals surface area (Å²) in [7, 11) is 1.55. The first kappa shape index (κ1) is 12.1. The number of hydrogen-bond acceptors (Lipinski definition) is 4. The van der Waals surface area contributed by atoms with Crippen LogP contribution in [0.25, 0.3) is 0 Å². The van der Waals surface area contributed by atoms with Crippen molar-refractivity contribution in [3.05, 3.63) is 22.1 Å². The van der Waals surface area contributed by atoms with Gasteiger partial charge < -0.3 is 10.1 Å². The lowest BCUT2D eigenvalue weighted by molar-refractivity contribution is 0.307. The lowest BCUT2D eigenvalue weighted by Crippen LogP contribution is -2.40. The van der Waals surface area contributed by atoms with Crippen molar-refractivity contribution in [3.8, 4) is 6.01 Å². The first-order valence-corrected chi connectivity index (χ1v) is 6.06. The Morgan fingerprint density at radius 2 is 2.41 bits per heavy atom. The molecule has 0 aromatic carbocycles. The minimum Gasteiger partial charge on any atom is -0.468 e. The number of nitrogens with zero attached hydrogens (tertiary/aromatic N) is 2. The molecule has 94 valence electrons. The third-order valence-corrected chi connectivity index (χ3v) is 3.10. The second-order valence-corrected chi connectivity index (χ2v) is 4.48. The van der Waals surface area contributed by atoms with Crippen LogP contribution >= 0.6 is 0 Å². The third kappa shape index (κ3) is 2.85. The Morgan fingerprint density at radius 1 is 1.59 bits per heavy atom. The lowest BCUT2D eigenvalue weighted by atomic mass is 10.1. The van der Waals surface area contributed by atoms with Crippen LogP contribution in [0.1, 0.15) is 25.0 Å². The lowest BCUT2D eigenvalue weighted by Gasteiger charge is -2.24. The summed E-state index contributed by atoms with van der Waals surface area (Å²) in [6.07, 6.45) is 3.53. The maximum absolute atomic E-state index is 11.9. The Balaban J connectivity index is 2.21. The molecule has 1 N–H and O–H groups in total. The van der Waals surface area contributed by atoms with Gasteiger partial charge in [0, 0.05) is 24.3 Å². The van der Waals surface area contributed by atoms with E-state index in [2.05, 4.69) is 10.3 Å². The summed E-state index contributed by atoms with van der Waals surface area (Å²) in [5.41, 5.74) is 0.654. The van der Waals surface area contributed by atoms with E-state index in [0.29, 0.717) is 24.3 Å². The van der Waals surface area contributed by atoms with Gasteiger partial charge in [-0.15, -0.1) is 0 Å². The highest BCUT2D eigenvalue weighted by Gasteiger charge is 2.16. The number of methoxy groups -OCH3 is 1. The van der Waals surface area contributed by atoms with Crippen molar-refractivity contribution in [2.75, 3.05) is 13.7 Å². The Hall–Kier alpha value is -1.36. The Labute approximate surface area is 101 Å². The number of nitrogens with one attached hydrogen (secondary N) is 1. The van der Waals surface area contributed by atoms with Gasteiger partial charge >= 0.3 is 0 Å². The number of ether oxygens (including phenoxy) is 1. The van der Waals surface area contributed by atoms with Gasteiger partial charge in [0.2, 0.25) is 0 Å². The summed E-state index contributed by atoms with van der Waals surface area (Å²) < 4.78 is 6.78. The molecule has 0 saturated carbocycles. The smallest absolute Gasteiger partial charge is 0.299 e. The fourth-order valence-corrected chi connectivity index (χ4v) is 2.22. The van der Waals surface area contributed by atoms with Crippen molar-refractivity contribution in [2.45, 2.75) is 38.8 Å². The van der Waals surface area contributed by atoms with Crippen molar-refractivity contribution in [1.82, 2.24) is 14.9 Å². The second-order valence-electron chi connectivity index (χ2n) is 4.48. The van der Waals surface area contributed by atoms with Crippen molar-refractivity contribution in [3.63, 3.8) is 0 Å². The topological polar surface area (TPSA) is 56.1 Å². The Morgan fingerprint density at radius 3 is 3.06 bits per heavy atom. The van der Waals surface area contributed by atoms with Crippen LogP contribution < -0.4 is 15.6 Å². The molecule has 1 atom stereocenters. The minimum absolute atomic E-state index is 0.0401. The highest BCUT2D eigenvalue weighted by molar-refractivity contribution is 5.07. The molecule has 2 rings (SSSR count). The van der Waals surface area contributed by atoms with Crippen molar-refractivity contribution < 1.29 is 4.74 Å². The van der Waals surface area contributed by atoms with Crippen LogP contribution in [0.15, 0.2) is 10.9 Å². The predicted octanol–water partition coefficient (Wildman–Crippen LogP) is 0.702. The molecule has 1 aliphatic heterocycles. The molecule has 1 fully saturated rings. The molecule has 17 heavy (non-hydrogen) atoms. The van der Waals surface area contributed by atoms with E-state index in [4.69, 9.17) is 4.74 Å². The van der Waals surface area contributed by atoms with Crippen LogP contribution in [-0.4, -0.2) is 29.2 Å². The number of piperidine rings is 1. The molecule has 5 heteroatoms. The number of hydrogen-bond donors (Lipinski definition) is 1. The standard InChI is InChI=1S/C12H19N3O2/c1-9-7-11(16)15(12(14-9)17-2)8-10-5-3-4-6-13-10/h7,10,13H,3-6,8H2,1-2H3. The van der Waals surface area contributed by atoms with Crippen LogP contribution in [0.3, 0.4) is 0 Å². The molecule has 2 heterocycles. The van der Waals surface area contributed by atoms with Crippen LogP contribution in [0.5, 0.6) is 6.01 Å². The average Bonchev–Trinajstić information content (AvgIpc) is 2.33. The zero-order valence-corrected chi connectivity index (χ0v) is 10.4. The van der Waals surface area contributed by atoms with Crippen LogP contribution in [0.4, 0.5) is 0 Å². The van der Waals surface area contributed by atoms with Gasteiger partial charge in [-0.1, -0.05) is 6.42 Å². The summed E-state index contributed by atoms with van der Waals surface area (Å²) in [4.78, 5) is 16.1. The first-order valence-electron chi connectivity index (χ1n) is 6.06. The first-order chi connectivity index (χ1) is 8.20. The van der Waals surface area contributed by atoms with E-state index in [1.807, 2.05) is 0 Å². The average molecular weight is 237 g/mol. The SMILES string of the molecule is COc1nc(C)cc(=O)n1CC1CCCCN1. The van der Waals surface area contributed by atoms with Gasteiger partial charge in [-0.05, 0) is 26.3 Å². The zero-order chi connectivity index (χ0) is 12.3. The summed E-state index contributed by atoms with van der Waals surface area (Å²) >= 11 is 0. The van der Waals surface area contributed by atoms with Gasteiger partial charge in [0.25, 0.3) is 11.6 Å². The predicted molar refractivity (Wildman–Crippen MR) is 65.4 cm³/mol. The van der Waals surface area contributed by atoms with Crippen LogP contribution in [0, 0.1) is 6.92 Å². The number of rotatable bonds is 3. The molecule has 0 radical (unpaired) electrons. The normalized spacial score (nSPS) is 20.2. The highest BCUT2D eigenvalue weighted by Crippen LogP contribution is 2.11. The summed E-state index contributed by atoms with van der Waals surface area (Å²) in [5.74, 6) is 0. The van der Waals surface area contributed by atoms with Crippen molar-refractivity contribution in [1.29, 1.82) is 0 Å². The fourth-order valence-electron chi connectivity index (χ4n) is 2.22. The molecule has 1 aromatic heterocycles. The molecule has 1 aliphatic rings. The number of aromatic nitrogens is 2. The maximum atomic E-state index is 11.9. The molecule has 0 bridgehead atoms. The minimum atomic E-state index is -0.0401. The van der Waals surface area contributed by atoms with E-state index in [0.717, 1.165) is 13.0 Å². The summed E-state index contributed by atoms with van der Waals surface area (Å²) in [5, 5.41) is 3.42. The van der Waals surface area contributed by atoms with Crippen LogP contribution in [0.2, 0.25) is 0 Å². The Bertz CT molecular complexity index is 436. The third-order valence-electron chi connectivity index (χ3n) is 3.10. The molecule has 5 nitrogen and oxygen atoms in total. The molecule has 1 saturated heterocycles. The molecule has 1 aromatic rings. The van der Waals surface area contributed by atoms with Gasteiger partial charge in [0.1, 0.15) is 0 Å². The summed E-state index contributed by atoms with van der Waals surface area (Å²) in [6, 6.07) is 2.30. The molecule has 1 unspecified atom stereocenters. The van der Waals surface area contributed by atoms with Gasteiger partial charge in [-0.25, -0.2) is 4.98 Å². The van der Waals surface area contributed by atoms with Gasteiger partial charge in [-0.2, -0.15) is 0 Å². The van der Waals surface area contributed by atoms with E-state index in [1.165, 1.54) is 12.8 Å². The Kier molecular flexibility index (Phi) is 3.78. The summed E-state index contributed by atoms with van der Waals surface area (Å²) in [6.45, 7) is 3.46. The van der Waals surface area contributed by atoms with E-state index < -0.39 is 0 Å². The molecular formula is C12H19N3O2. The van der Waals surface area contributed by atoms with Crippen molar-refractivity contribution >= 4 is 0 Å². The maximum Gasteiger partial charge on any atom is 0.299 e. The van der Waals surface area contributed by atoms with E-state index >= 15 is 0 Å². The molecule has 0 spiro atoms. The molecular weight excluding hydrogens is 218 g/mol. The van der Waals surface area contributed by atoms with Gasteiger partial charge in [-0.3, -0.25) is 9.36 Å². The molecule has 0 aliphatic carbocycles. The second kappa shape index (κ2) is 5.31. The highest BCUT2D eigenvalue weighted by atomic mass is 16.5. The van der Waals surface area contributed by atoms with E-state index in [-0.39, 0.29) is 5.56 Å². The zero-order valence-electron chi connectivity index (χ0n) is 10.4. The largest absolute Gasteiger partial charge is 0.468 e. The van der Waals surface area contributed by atoms with Crippen LogP contribution in [-0.2, 0) is 6.54 Å². The monoisotopic (exact) mass is 237 g/mol.